The average molecular weight is 390 g/mol. The van der Waals surface area contributed by atoms with Gasteiger partial charge in [0.1, 0.15) is 17.5 Å². The fraction of sp³-hybridized carbons (Fsp3) is 0.333. The smallest absolute Gasteiger partial charge is 0.225 e. The molecule has 1 atom stereocenters. The molecule has 0 bridgehead atoms. The zero-order chi connectivity index (χ0) is 20.3. The second kappa shape index (κ2) is 8.46. The number of halogens is 3. The Bertz CT molecular complexity index is 901. The summed E-state index contributed by atoms with van der Waals surface area (Å²) in [5, 5.41) is 2.57. The largest absolute Gasteiger partial charge is 0.352 e. The zero-order valence-electron chi connectivity index (χ0n) is 15.5. The first-order valence-corrected chi connectivity index (χ1v) is 9.08. The number of nitrogens with one attached hydrogen (secondary N) is 1. The SMILES string of the molecule is Cc1ccc(F)c(CNC(=O)[C@@H]2CCC(=O)N(Cc3cccc(F)c3)C2)c1F. The van der Waals surface area contributed by atoms with Gasteiger partial charge in [-0.1, -0.05) is 18.2 Å². The van der Waals surface area contributed by atoms with Crippen molar-refractivity contribution in [2.24, 2.45) is 5.92 Å². The van der Waals surface area contributed by atoms with Gasteiger partial charge in [-0.25, -0.2) is 13.2 Å². The summed E-state index contributed by atoms with van der Waals surface area (Å²) in [5.74, 6) is -2.73. The number of hydrogen-bond acceptors (Lipinski definition) is 2. The fourth-order valence-electron chi connectivity index (χ4n) is 3.33. The van der Waals surface area contributed by atoms with E-state index in [4.69, 9.17) is 0 Å². The summed E-state index contributed by atoms with van der Waals surface area (Å²) in [6, 6.07) is 8.45. The van der Waals surface area contributed by atoms with Crippen molar-refractivity contribution in [3.63, 3.8) is 0 Å². The number of piperidine rings is 1. The maximum atomic E-state index is 14.1. The minimum atomic E-state index is -0.713. The van der Waals surface area contributed by atoms with Crippen molar-refractivity contribution in [1.82, 2.24) is 10.2 Å². The molecule has 1 aliphatic heterocycles. The highest BCUT2D eigenvalue weighted by Crippen LogP contribution is 2.21. The Balaban J connectivity index is 1.63. The summed E-state index contributed by atoms with van der Waals surface area (Å²) < 4.78 is 41.3. The van der Waals surface area contributed by atoms with Gasteiger partial charge in [0, 0.05) is 31.6 Å². The van der Waals surface area contributed by atoms with Crippen LogP contribution in [0.5, 0.6) is 0 Å². The quantitative estimate of drug-likeness (QED) is 0.850. The lowest BCUT2D eigenvalue weighted by Gasteiger charge is -2.32. The second-order valence-electron chi connectivity index (χ2n) is 7.01. The summed E-state index contributed by atoms with van der Waals surface area (Å²) >= 11 is 0. The minimum Gasteiger partial charge on any atom is -0.352 e. The summed E-state index contributed by atoms with van der Waals surface area (Å²) in [6.07, 6.45) is 0.559. The van der Waals surface area contributed by atoms with Crippen LogP contribution in [-0.2, 0) is 22.7 Å². The normalized spacial score (nSPS) is 16.9. The third-order valence-corrected chi connectivity index (χ3v) is 4.95. The summed E-state index contributed by atoms with van der Waals surface area (Å²) in [5.41, 5.74) is 0.755. The fourth-order valence-corrected chi connectivity index (χ4v) is 3.33. The average Bonchev–Trinajstić information content (AvgIpc) is 2.66. The van der Waals surface area contributed by atoms with Crippen molar-refractivity contribution in [1.29, 1.82) is 0 Å². The topological polar surface area (TPSA) is 49.4 Å². The van der Waals surface area contributed by atoms with Gasteiger partial charge < -0.3 is 10.2 Å². The molecule has 1 N–H and O–H groups in total. The number of hydrogen-bond donors (Lipinski definition) is 1. The van der Waals surface area contributed by atoms with Crippen LogP contribution in [0.4, 0.5) is 13.2 Å². The van der Waals surface area contributed by atoms with Crippen LogP contribution in [0.25, 0.3) is 0 Å². The first kappa shape index (κ1) is 19.9. The molecule has 0 aromatic heterocycles. The van der Waals surface area contributed by atoms with Crippen LogP contribution in [0.2, 0.25) is 0 Å². The van der Waals surface area contributed by atoms with Crippen LogP contribution in [0.15, 0.2) is 36.4 Å². The number of amides is 2. The Morgan fingerprint density at radius 2 is 2.00 bits per heavy atom. The van der Waals surface area contributed by atoms with Gasteiger partial charge in [0.2, 0.25) is 11.8 Å². The number of rotatable bonds is 5. The molecule has 3 rings (SSSR count). The maximum Gasteiger partial charge on any atom is 0.225 e. The van der Waals surface area contributed by atoms with E-state index in [1.807, 2.05) is 0 Å². The molecule has 2 amide bonds. The lowest BCUT2D eigenvalue weighted by Crippen LogP contribution is -2.45. The molecular formula is C21H21F3N2O2. The van der Waals surface area contributed by atoms with Crippen molar-refractivity contribution >= 4 is 11.8 Å². The molecule has 0 unspecified atom stereocenters. The molecule has 0 aliphatic carbocycles. The summed E-state index contributed by atoms with van der Waals surface area (Å²) in [4.78, 5) is 26.2. The van der Waals surface area contributed by atoms with Gasteiger partial charge in [-0.2, -0.15) is 0 Å². The molecule has 1 saturated heterocycles. The Morgan fingerprint density at radius 1 is 1.21 bits per heavy atom. The van der Waals surface area contributed by atoms with Crippen LogP contribution in [0.3, 0.4) is 0 Å². The predicted octanol–water partition coefficient (Wildman–Crippen LogP) is 3.47. The van der Waals surface area contributed by atoms with Gasteiger partial charge in [0.25, 0.3) is 0 Å². The van der Waals surface area contributed by atoms with E-state index < -0.39 is 23.4 Å². The Labute approximate surface area is 161 Å². The molecule has 148 valence electrons. The molecule has 2 aromatic carbocycles. The Kier molecular flexibility index (Phi) is 6.02. The number of benzene rings is 2. The van der Waals surface area contributed by atoms with Gasteiger partial charge in [-0.05, 0) is 42.7 Å². The number of carbonyl (C=O) groups excluding carboxylic acids is 2. The molecule has 2 aromatic rings. The van der Waals surface area contributed by atoms with Crippen molar-refractivity contribution in [3.05, 3.63) is 70.5 Å². The molecule has 7 heteroatoms. The molecule has 0 radical (unpaired) electrons. The monoisotopic (exact) mass is 390 g/mol. The van der Waals surface area contributed by atoms with Gasteiger partial charge in [-0.15, -0.1) is 0 Å². The van der Waals surface area contributed by atoms with E-state index in [0.717, 1.165) is 0 Å². The summed E-state index contributed by atoms with van der Waals surface area (Å²) in [7, 11) is 0. The number of nitrogens with zero attached hydrogens (tertiary/aromatic N) is 1. The molecule has 0 saturated carbocycles. The number of carbonyl (C=O) groups is 2. The Hall–Kier alpha value is -2.83. The van der Waals surface area contributed by atoms with Crippen LogP contribution in [0.1, 0.15) is 29.5 Å². The molecule has 1 aliphatic rings. The third kappa shape index (κ3) is 4.52. The lowest BCUT2D eigenvalue weighted by molar-refractivity contribution is -0.139. The Morgan fingerprint density at radius 3 is 2.75 bits per heavy atom. The van der Waals surface area contributed by atoms with Crippen LogP contribution < -0.4 is 5.32 Å². The number of aryl methyl sites for hydroxylation is 1. The first-order valence-electron chi connectivity index (χ1n) is 9.08. The molecular weight excluding hydrogens is 369 g/mol. The number of likely N-dealkylation sites (tertiary alicyclic amines) is 1. The molecule has 4 nitrogen and oxygen atoms in total. The molecule has 28 heavy (non-hydrogen) atoms. The van der Waals surface area contributed by atoms with Crippen molar-refractivity contribution in [3.8, 4) is 0 Å². The van der Waals surface area contributed by atoms with Crippen LogP contribution in [0, 0.1) is 30.3 Å². The minimum absolute atomic E-state index is 0.107. The van der Waals surface area contributed by atoms with Gasteiger partial charge in [0.05, 0.1) is 5.92 Å². The van der Waals surface area contributed by atoms with E-state index in [0.29, 0.717) is 17.5 Å². The standard InChI is InChI=1S/C21H21F3N2O2/c1-13-5-7-18(23)17(20(13)24)10-25-21(28)15-6-8-19(27)26(12-15)11-14-3-2-4-16(22)9-14/h2-5,7,9,15H,6,8,10-12H2,1H3,(H,25,28)/t15-/m1/s1. The van der Waals surface area contributed by atoms with Gasteiger partial charge >= 0.3 is 0 Å². The van der Waals surface area contributed by atoms with E-state index in [9.17, 15) is 22.8 Å². The zero-order valence-corrected chi connectivity index (χ0v) is 15.5. The van der Waals surface area contributed by atoms with E-state index in [2.05, 4.69) is 5.32 Å². The predicted molar refractivity (Wildman–Crippen MR) is 97.5 cm³/mol. The van der Waals surface area contributed by atoms with E-state index in [1.165, 1.54) is 36.1 Å². The second-order valence-corrected chi connectivity index (χ2v) is 7.01. The van der Waals surface area contributed by atoms with Crippen LogP contribution in [-0.4, -0.2) is 23.3 Å². The molecule has 0 spiro atoms. The molecule has 1 heterocycles. The lowest BCUT2D eigenvalue weighted by atomic mass is 9.96. The van der Waals surface area contributed by atoms with Crippen molar-refractivity contribution in [2.75, 3.05) is 6.54 Å². The van der Waals surface area contributed by atoms with E-state index >= 15 is 0 Å². The van der Waals surface area contributed by atoms with Gasteiger partial charge in [0.15, 0.2) is 0 Å². The van der Waals surface area contributed by atoms with Gasteiger partial charge in [-0.3, -0.25) is 9.59 Å². The third-order valence-electron chi connectivity index (χ3n) is 4.95. The van der Waals surface area contributed by atoms with E-state index in [1.54, 1.807) is 12.1 Å². The van der Waals surface area contributed by atoms with Crippen LogP contribution >= 0.6 is 0 Å². The maximum absolute atomic E-state index is 14.1. The van der Waals surface area contributed by atoms with E-state index in [-0.39, 0.29) is 43.4 Å². The highest BCUT2D eigenvalue weighted by atomic mass is 19.1. The highest BCUT2D eigenvalue weighted by molar-refractivity contribution is 5.83. The van der Waals surface area contributed by atoms with Crippen molar-refractivity contribution < 1.29 is 22.8 Å². The van der Waals surface area contributed by atoms with Crippen molar-refractivity contribution in [2.45, 2.75) is 32.9 Å². The molecule has 1 fully saturated rings. The summed E-state index contributed by atoms with van der Waals surface area (Å²) in [6.45, 7) is 1.66. The highest BCUT2D eigenvalue weighted by Gasteiger charge is 2.30. The first-order chi connectivity index (χ1) is 13.3.